The molecule has 2 heterocycles. The Hall–Kier alpha value is -2.34. The fourth-order valence-electron chi connectivity index (χ4n) is 1.51. The van der Waals surface area contributed by atoms with Crippen molar-refractivity contribution in [3.63, 3.8) is 0 Å². The summed E-state index contributed by atoms with van der Waals surface area (Å²) in [7, 11) is 0. The van der Waals surface area contributed by atoms with E-state index in [2.05, 4.69) is 9.97 Å². The van der Waals surface area contributed by atoms with E-state index in [9.17, 15) is 9.18 Å². The van der Waals surface area contributed by atoms with Gasteiger partial charge >= 0.3 is 0 Å². The van der Waals surface area contributed by atoms with E-state index in [0.29, 0.717) is 24.6 Å². The first kappa shape index (κ1) is 13.1. The van der Waals surface area contributed by atoms with Crippen LogP contribution in [0.3, 0.4) is 0 Å². The third-order valence-electron chi connectivity index (χ3n) is 2.39. The zero-order chi connectivity index (χ0) is 13.7. The van der Waals surface area contributed by atoms with Crippen LogP contribution in [0.2, 0.25) is 0 Å². The maximum absolute atomic E-state index is 13.3. The second-order valence-corrected chi connectivity index (χ2v) is 3.74. The summed E-state index contributed by atoms with van der Waals surface area (Å²) in [5.41, 5.74) is 0.719. The average Bonchev–Trinajstić information content (AvgIpc) is 2.42. The van der Waals surface area contributed by atoms with Gasteiger partial charge in [-0.2, -0.15) is 9.37 Å². The van der Waals surface area contributed by atoms with Crippen molar-refractivity contribution in [3.8, 4) is 5.88 Å². The molecule has 0 bridgehead atoms. The van der Waals surface area contributed by atoms with Crippen molar-refractivity contribution in [1.29, 1.82) is 0 Å². The molecule has 2 aromatic heterocycles. The highest BCUT2D eigenvalue weighted by Gasteiger charge is 2.08. The van der Waals surface area contributed by atoms with Crippen LogP contribution in [0.15, 0.2) is 30.5 Å². The van der Waals surface area contributed by atoms with Crippen LogP contribution < -0.4 is 10.1 Å². The number of carbonyl (C=O) groups excluding carboxylic acids is 1. The first-order valence-electron chi connectivity index (χ1n) is 5.78. The lowest BCUT2D eigenvalue weighted by Gasteiger charge is -2.02. The van der Waals surface area contributed by atoms with Gasteiger partial charge in [-0.05, 0) is 13.0 Å². The van der Waals surface area contributed by atoms with Gasteiger partial charge in [0.05, 0.1) is 18.4 Å². The van der Waals surface area contributed by atoms with Crippen molar-refractivity contribution >= 4 is 17.8 Å². The molecule has 2 aromatic rings. The molecule has 0 amide bonds. The van der Waals surface area contributed by atoms with Crippen LogP contribution >= 0.6 is 0 Å². The molecule has 2 rings (SSSR count). The third kappa shape index (κ3) is 3.32. The summed E-state index contributed by atoms with van der Waals surface area (Å²) in [6, 6.07) is 6.49. The smallest absolute Gasteiger partial charge is 0.232 e. The average molecular weight is 262 g/mol. The van der Waals surface area contributed by atoms with E-state index in [0.717, 1.165) is 5.69 Å². The quantitative estimate of drug-likeness (QED) is 0.652. The fourth-order valence-corrected chi connectivity index (χ4v) is 1.51. The zero-order valence-electron chi connectivity index (χ0n) is 10.3. The summed E-state index contributed by atoms with van der Waals surface area (Å²) in [6.07, 6.45) is 2.04. The van der Waals surface area contributed by atoms with Crippen LogP contribution in [0.5, 0.6) is 5.88 Å². The van der Waals surface area contributed by atoms with Gasteiger partial charge in [-0.25, -0.2) is 4.98 Å². The van der Waals surface area contributed by atoms with Gasteiger partial charge in [-0.15, -0.1) is 0 Å². The van der Waals surface area contributed by atoms with Crippen LogP contribution in [0.1, 0.15) is 17.3 Å². The maximum Gasteiger partial charge on any atom is 0.232 e. The Labute approximate surface area is 109 Å². The van der Waals surface area contributed by atoms with Gasteiger partial charge in [-0.3, -0.25) is 10.1 Å². The Morgan fingerprint density at radius 2 is 2.21 bits per heavy atom. The Morgan fingerprint density at radius 3 is 2.79 bits per heavy atom. The first-order chi connectivity index (χ1) is 9.22. The molecule has 0 aromatic carbocycles. The van der Waals surface area contributed by atoms with Crippen molar-refractivity contribution in [2.75, 3.05) is 6.61 Å². The van der Waals surface area contributed by atoms with Crippen LogP contribution in [0.25, 0.3) is 0 Å². The summed E-state index contributed by atoms with van der Waals surface area (Å²) >= 11 is 0. The molecule has 0 fully saturated rings. The van der Waals surface area contributed by atoms with Gasteiger partial charge in [0, 0.05) is 18.2 Å². The number of quaternary nitrogens is 1. The molecule has 0 spiro atoms. The standard InChI is InChI=1S/C13H12FN3O2/c1-2-19-12-6-4-10(7-15-12)16-11-5-3-9(8-18)13(14)17-11/h3-8H,2H2,1H3,(H,16,17)/p+1. The van der Waals surface area contributed by atoms with Gasteiger partial charge in [0.15, 0.2) is 12.0 Å². The van der Waals surface area contributed by atoms with E-state index in [-0.39, 0.29) is 5.56 Å². The molecule has 2 N–H and O–H groups in total. The normalized spacial score (nSPS) is 10.2. The number of pyridine rings is 2. The van der Waals surface area contributed by atoms with Crippen molar-refractivity contribution in [2.24, 2.45) is 0 Å². The van der Waals surface area contributed by atoms with Gasteiger partial charge in [0.25, 0.3) is 0 Å². The highest BCUT2D eigenvalue weighted by Crippen LogP contribution is 2.09. The molecule has 0 aliphatic heterocycles. The highest BCUT2D eigenvalue weighted by atomic mass is 19.1. The van der Waals surface area contributed by atoms with Crippen molar-refractivity contribution < 1.29 is 19.2 Å². The van der Waals surface area contributed by atoms with Crippen LogP contribution in [0.4, 0.5) is 15.9 Å². The number of aromatic nitrogens is 2. The maximum atomic E-state index is 13.3. The van der Waals surface area contributed by atoms with E-state index in [4.69, 9.17) is 4.74 Å². The first-order valence-corrected chi connectivity index (χ1v) is 5.78. The van der Waals surface area contributed by atoms with Crippen molar-refractivity contribution in [3.05, 3.63) is 42.0 Å². The largest absolute Gasteiger partial charge is 0.478 e. The monoisotopic (exact) mass is 262 g/mol. The van der Waals surface area contributed by atoms with E-state index >= 15 is 0 Å². The van der Waals surface area contributed by atoms with Gasteiger partial charge in [0.1, 0.15) is 0 Å². The van der Waals surface area contributed by atoms with E-state index in [1.54, 1.807) is 29.7 Å². The molecular formula is C13H13FN3O2+. The van der Waals surface area contributed by atoms with E-state index < -0.39 is 5.95 Å². The lowest BCUT2D eigenvalue weighted by atomic mass is 10.3. The predicted molar refractivity (Wildman–Crippen MR) is 66.2 cm³/mol. The number of nitrogens with zero attached hydrogens (tertiary/aromatic N) is 2. The Morgan fingerprint density at radius 1 is 1.37 bits per heavy atom. The molecule has 0 saturated carbocycles. The molecule has 0 unspecified atom stereocenters. The topological polar surface area (TPSA) is 68.7 Å². The van der Waals surface area contributed by atoms with Gasteiger partial charge < -0.3 is 4.74 Å². The van der Waals surface area contributed by atoms with Crippen LogP contribution in [-0.2, 0) is 0 Å². The van der Waals surface area contributed by atoms with E-state index in [1.165, 1.54) is 6.07 Å². The van der Waals surface area contributed by atoms with Crippen LogP contribution in [-0.4, -0.2) is 22.9 Å². The molecule has 98 valence electrons. The lowest BCUT2D eigenvalue weighted by molar-refractivity contribution is -0.483. The second kappa shape index (κ2) is 6.01. The van der Waals surface area contributed by atoms with Crippen molar-refractivity contribution in [1.82, 2.24) is 9.97 Å². The molecule has 0 radical (unpaired) electrons. The number of halogens is 1. The number of ether oxygens (including phenoxy) is 1. The molecular weight excluding hydrogens is 249 g/mol. The lowest BCUT2D eigenvalue weighted by Crippen LogP contribution is -2.71. The molecule has 0 aliphatic rings. The fraction of sp³-hybridized carbons (Fsp3) is 0.154. The van der Waals surface area contributed by atoms with Crippen molar-refractivity contribution in [2.45, 2.75) is 6.92 Å². The number of hydrogen-bond donors (Lipinski definition) is 1. The Balaban J connectivity index is 2.12. The predicted octanol–water partition coefficient (Wildman–Crippen LogP) is 1.35. The summed E-state index contributed by atoms with van der Waals surface area (Å²) in [5.74, 6) is 0.187. The van der Waals surface area contributed by atoms with E-state index in [1.807, 2.05) is 6.92 Å². The summed E-state index contributed by atoms with van der Waals surface area (Å²) in [4.78, 5) is 18.3. The zero-order valence-corrected chi connectivity index (χ0v) is 10.3. The molecule has 0 saturated heterocycles. The number of hydrogen-bond acceptors (Lipinski definition) is 4. The Kier molecular flexibility index (Phi) is 4.15. The number of rotatable bonds is 5. The summed E-state index contributed by atoms with van der Waals surface area (Å²) in [6.45, 7) is 2.43. The molecule has 6 heteroatoms. The van der Waals surface area contributed by atoms with Gasteiger partial charge in [-0.1, -0.05) is 0 Å². The SMILES string of the molecule is CCOc1ccc([NH2+]c2ccc(C=O)c(F)n2)cn1. The minimum absolute atomic E-state index is 0.0537. The Bertz CT molecular complexity index is 573. The molecule has 0 atom stereocenters. The molecule has 19 heavy (non-hydrogen) atoms. The van der Waals surface area contributed by atoms with Gasteiger partial charge in [0.2, 0.25) is 17.6 Å². The number of aldehydes is 1. The highest BCUT2D eigenvalue weighted by molar-refractivity contribution is 5.74. The number of carbonyl (C=O) groups is 1. The van der Waals surface area contributed by atoms with Crippen LogP contribution in [0, 0.1) is 5.95 Å². The molecule has 5 nitrogen and oxygen atoms in total. The second-order valence-electron chi connectivity index (χ2n) is 3.74. The minimum Gasteiger partial charge on any atom is -0.478 e. The summed E-state index contributed by atoms with van der Waals surface area (Å²) in [5, 5.41) is 1.67. The summed E-state index contributed by atoms with van der Waals surface area (Å²) < 4.78 is 18.5. The minimum atomic E-state index is -0.775. The third-order valence-corrected chi connectivity index (χ3v) is 2.39. The number of nitrogens with two attached hydrogens (primary N) is 1. The molecule has 0 aliphatic carbocycles.